The molecule has 0 aliphatic heterocycles. The molecule has 0 saturated carbocycles. The van der Waals surface area contributed by atoms with Gasteiger partial charge in [0.25, 0.3) is 0 Å². The molecule has 5 unspecified atom stereocenters. The highest BCUT2D eigenvalue weighted by Gasteiger charge is 2.30. The number of aliphatic hydroxyl groups excluding tert-OH is 1. The molecule has 5 atom stereocenters. The van der Waals surface area contributed by atoms with Crippen LogP contribution in [0.25, 0.3) is 0 Å². The molecule has 0 spiro atoms. The fraction of sp³-hybridized carbons (Fsp3) is 0.827. The number of carbonyl (C=O) groups is 4. The number of allylic oxidation sites excluding steroid dienone is 10. The zero-order chi connectivity index (χ0) is 73.2. The maximum atomic E-state index is 13.1. The number of unbranched alkanes of at least 4 members (excludes halogenated alkanes) is 41. The highest BCUT2D eigenvalue weighted by Crippen LogP contribution is 2.45. The summed E-state index contributed by atoms with van der Waals surface area (Å²) in [6, 6.07) is 0. The predicted molar refractivity (Wildman–Crippen MR) is 409 cm³/mol. The summed E-state index contributed by atoms with van der Waals surface area (Å²) in [6.07, 6.45) is 73.3. The van der Waals surface area contributed by atoms with Crippen LogP contribution in [-0.2, 0) is 65.4 Å². The lowest BCUT2D eigenvalue weighted by atomic mass is 10.0. The Bertz CT molecular complexity index is 2130. The molecule has 0 aromatic rings. The molecule has 0 fully saturated rings. The number of hydrogen-bond donors (Lipinski definition) is 3. The number of rotatable bonds is 77. The Balaban J connectivity index is 5.33. The van der Waals surface area contributed by atoms with Gasteiger partial charge in [0.15, 0.2) is 12.2 Å². The molecular formula is C81H148O17P2. The van der Waals surface area contributed by atoms with Crippen molar-refractivity contribution < 1.29 is 80.2 Å². The van der Waals surface area contributed by atoms with Gasteiger partial charge in [0.2, 0.25) is 0 Å². The standard InChI is InChI=1S/C81H148O17P2/c1-5-9-13-17-21-25-29-33-36-37-40-43-46-50-54-58-62-66-79(84)92-72-77(98-81(86)68-64-60-56-52-48-44-39-35-31-27-23-19-15-11-7-3)74-96-100(89,90)94-70-75(82)69-93-99(87,88)95-73-76(97-80(85)67-63-59-55-51-47-41-32-28-24-20-16-12-8-4)71-91-78(83)65-61-57-53-49-45-42-38-34-30-26-22-18-14-10-6-2/h9,13,21,25,33-36,38-39,75-77,82H,5-8,10-12,14-20,22-24,26-32,37,40-74H2,1-4H3,(H,87,88)(H,89,90)/b13-9-,25-21-,36-33-,38-34-,39-35-. The fourth-order valence-electron chi connectivity index (χ4n) is 11.3. The van der Waals surface area contributed by atoms with Crippen LogP contribution in [0.1, 0.15) is 374 Å². The van der Waals surface area contributed by atoms with Gasteiger partial charge in [-0.1, -0.05) is 300 Å². The first-order valence-corrected chi connectivity index (χ1v) is 43.5. The largest absolute Gasteiger partial charge is 0.472 e. The zero-order valence-corrected chi connectivity index (χ0v) is 65.7. The summed E-state index contributed by atoms with van der Waals surface area (Å²) < 4.78 is 68.6. The third-order valence-corrected chi connectivity index (χ3v) is 19.4. The monoisotopic (exact) mass is 1460 g/mol. The van der Waals surface area contributed by atoms with Crippen LogP contribution in [0.15, 0.2) is 60.8 Å². The summed E-state index contributed by atoms with van der Waals surface area (Å²) in [5.41, 5.74) is 0. The molecule has 0 aromatic carbocycles. The molecule has 0 aliphatic rings. The highest BCUT2D eigenvalue weighted by molar-refractivity contribution is 7.47. The van der Waals surface area contributed by atoms with E-state index in [2.05, 4.69) is 88.5 Å². The van der Waals surface area contributed by atoms with Crippen molar-refractivity contribution in [1.82, 2.24) is 0 Å². The van der Waals surface area contributed by atoms with Gasteiger partial charge in [-0.3, -0.25) is 37.3 Å². The fourth-order valence-corrected chi connectivity index (χ4v) is 12.9. The third kappa shape index (κ3) is 73.1. The molecule has 19 heteroatoms. The highest BCUT2D eigenvalue weighted by atomic mass is 31.2. The van der Waals surface area contributed by atoms with Gasteiger partial charge in [0.05, 0.1) is 26.4 Å². The molecule has 0 rings (SSSR count). The van der Waals surface area contributed by atoms with Gasteiger partial charge in [0, 0.05) is 25.7 Å². The summed E-state index contributed by atoms with van der Waals surface area (Å²) in [6.45, 7) is 4.80. The van der Waals surface area contributed by atoms with Gasteiger partial charge in [-0.15, -0.1) is 0 Å². The van der Waals surface area contributed by atoms with Crippen LogP contribution in [0.2, 0.25) is 0 Å². The minimum absolute atomic E-state index is 0.0866. The maximum Gasteiger partial charge on any atom is 0.472 e. The topological polar surface area (TPSA) is 237 Å². The van der Waals surface area contributed by atoms with Crippen molar-refractivity contribution in [2.24, 2.45) is 0 Å². The maximum absolute atomic E-state index is 13.1. The SMILES string of the molecule is CC/C=C\C/C=C\C/C=C\CCCCCCCCCC(=O)OCC(COP(=O)(O)OCC(O)COP(=O)(O)OCC(COC(=O)CCCCCCC/C=C\CCCCCCCC)OC(=O)CCCCCCCCCCCCCCC)OC(=O)CCCCCCC/C=C\CCCCCCCC. The number of phosphoric acid groups is 2. The van der Waals surface area contributed by atoms with Crippen molar-refractivity contribution in [3.63, 3.8) is 0 Å². The Morgan fingerprint density at radius 2 is 0.520 bits per heavy atom. The van der Waals surface area contributed by atoms with Gasteiger partial charge in [-0.2, -0.15) is 0 Å². The normalized spacial score (nSPS) is 14.2. The molecular weight excluding hydrogens is 1310 g/mol. The predicted octanol–water partition coefficient (Wildman–Crippen LogP) is 23.5. The minimum atomic E-state index is -4.97. The van der Waals surface area contributed by atoms with Crippen molar-refractivity contribution in [2.75, 3.05) is 39.6 Å². The second kappa shape index (κ2) is 74.0. The molecule has 0 radical (unpaired) electrons. The molecule has 0 saturated heterocycles. The number of carbonyl (C=O) groups excluding carboxylic acids is 4. The Morgan fingerprint density at radius 1 is 0.290 bits per heavy atom. The average Bonchev–Trinajstić information content (AvgIpc) is 1.06. The van der Waals surface area contributed by atoms with E-state index in [1.807, 2.05) is 0 Å². The summed E-state index contributed by atoms with van der Waals surface area (Å²) in [5, 5.41) is 10.6. The van der Waals surface area contributed by atoms with Crippen molar-refractivity contribution in [3.05, 3.63) is 60.8 Å². The first-order valence-electron chi connectivity index (χ1n) is 40.5. The van der Waals surface area contributed by atoms with Crippen molar-refractivity contribution in [3.8, 4) is 0 Å². The third-order valence-electron chi connectivity index (χ3n) is 17.5. The van der Waals surface area contributed by atoms with Gasteiger partial charge >= 0.3 is 39.5 Å². The van der Waals surface area contributed by atoms with Crippen LogP contribution in [0.3, 0.4) is 0 Å². The second-order valence-corrected chi connectivity index (χ2v) is 30.2. The van der Waals surface area contributed by atoms with Gasteiger partial charge in [-0.25, -0.2) is 9.13 Å². The van der Waals surface area contributed by atoms with Crippen LogP contribution in [0.4, 0.5) is 0 Å². The van der Waals surface area contributed by atoms with E-state index in [1.54, 1.807) is 0 Å². The first-order chi connectivity index (χ1) is 48.7. The number of esters is 4. The van der Waals surface area contributed by atoms with Crippen LogP contribution in [-0.4, -0.2) is 96.7 Å². The van der Waals surface area contributed by atoms with Crippen LogP contribution in [0, 0.1) is 0 Å². The van der Waals surface area contributed by atoms with Gasteiger partial charge < -0.3 is 33.8 Å². The summed E-state index contributed by atoms with van der Waals surface area (Å²) in [4.78, 5) is 73.0. The number of aliphatic hydroxyl groups is 1. The van der Waals surface area contributed by atoms with E-state index in [0.717, 1.165) is 167 Å². The summed E-state index contributed by atoms with van der Waals surface area (Å²) >= 11 is 0. The summed E-state index contributed by atoms with van der Waals surface area (Å²) in [5.74, 6) is -2.17. The molecule has 3 N–H and O–H groups in total. The molecule has 17 nitrogen and oxygen atoms in total. The first kappa shape index (κ1) is 96.8. The summed E-state index contributed by atoms with van der Waals surface area (Å²) in [7, 11) is -9.94. The van der Waals surface area contributed by atoms with Crippen molar-refractivity contribution in [1.29, 1.82) is 0 Å². The molecule has 100 heavy (non-hydrogen) atoms. The Labute approximate surface area is 610 Å². The van der Waals surface area contributed by atoms with Crippen LogP contribution in [0.5, 0.6) is 0 Å². The Morgan fingerprint density at radius 3 is 0.810 bits per heavy atom. The average molecular weight is 1460 g/mol. The Kier molecular flexibility index (Phi) is 71.6. The lowest BCUT2D eigenvalue weighted by Crippen LogP contribution is -2.30. The lowest BCUT2D eigenvalue weighted by molar-refractivity contribution is -0.161. The molecule has 584 valence electrons. The quantitative estimate of drug-likeness (QED) is 0.0169. The van der Waals surface area contributed by atoms with Crippen molar-refractivity contribution >= 4 is 39.5 Å². The molecule has 0 bridgehead atoms. The molecule has 0 heterocycles. The minimum Gasteiger partial charge on any atom is -0.462 e. The van der Waals surface area contributed by atoms with E-state index in [0.29, 0.717) is 25.7 Å². The van der Waals surface area contributed by atoms with E-state index < -0.39 is 97.5 Å². The van der Waals surface area contributed by atoms with E-state index >= 15 is 0 Å². The zero-order valence-electron chi connectivity index (χ0n) is 63.9. The number of ether oxygens (including phenoxy) is 4. The van der Waals surface area contributed by atoms with Gasteiger partial charge in [0.1, 0.15) is 19.3 Å². The van der Waals surface area contributed by atoms with Crippen LogP contribution >= 0.6 is 15.6 Å². The van der Waals surface area contributed by atoms with E-state index in [-0.39, 0.29) is 25.7 Å². The smallest absolute Gasteiger partial charge is 0.462 e. The molecule has 0 aromatic heterocycles. The molecule has 0 aliphatic carbocycles. The van der Waals surface area contributed by atoms with Gasteiger partial charge in [-0.05, 0) is 109 Å². The van der Waals surface area contributed by atoms with Crippen molar-refractivity contribution in [2.45, 2.75) is 393 Å². The number of hydrogen-bond acceptors (Lipinski definition) is 15. The second-order valence-electron chi connectivity index (χ2n) is 27.3. The van der Waals surface area contributed by atoms with E-state index in [4.69, 9.17) is 37.0 Å². The van der Waals surface area contributed by atoms with E-state index in [9.17, 15) is 43.2 Å². The Hall–Kier alpha value is -3.24. The molecule has 0 amide bonds. The number of phosphoric ester groups is 2. The van der Waals surface area contributed by atoms with Crippen LogP contribution < -0.4 is 0 Å². The lowest BCUT2D eigenvalue weighted by Gasteiger charge is -2.21. The van der Waals surface area contributed by atoms with E-state index in [1.165, 1.54) is 128 Å².